The molecule has 1 aliphatic heterocycles. The molecule has 140 valence electrons. The molecule has 0 bridgehead atoms. The van der Waals surface area contributed by atoms with Crippen LogP contribution in [-0.4, -0.2) is 40.5 Å². The van der Waals surface area contributed by atoms with Gasteiger partial charge in [-0.15, -0.1) is 0 Å². The number of esters is 1. The minimum absolute atomic E-state index is 0.0782. The summed E-state index contributed by atoms with van der Waals surface area (Å²) >= 11 is 5.99. The smallest absolute Gasteiger partial charge is 0.312 e. The second-order valence-corrected chi connectivity index (χ2v) is 7.49. The van der Waals surface area contributed by atoms with Crippen molar-refractivity contribution < 1.29 is 9.53 Å². The highest BCUT2D eigenvalue weighted by atomic mass is 35.5. The van der Waals surface area contributed by atoms with E-state index in [-0.39, 0.29) is 5.97 Å². The number of ether oxygens (including phenoxy) is 1. The molecule has 5 nitrogen and oxygen atoms in total. The van der Waals surface area contributed by atoms with Crippen molar-refractivity contribution in [3.8, 4) is 0 Å². The molecule has 1 saturated heterocycles. The number of aryl methyl sites for hydroxylation is 1. The summed E-state index contributed by atoms with van der Waals surface area (Å²) in [5.74, 6) is -0.0782. The second kappa shape index (κ2) is 8.23. The molecule has 0 saturated carbocycles. The Morgan fingerprint density at radius 2 is 2.00 bits per heavy atom. The molecular weight excluding hydrogens is 350 g/mol. The van der Waals surface area contributed by atoms with E-state index in [2.05, 4.69) is 14.9 Å². The minimum atomic E-state index is -0.457. The first kappa shape index (κ1) is 18.9. The van der Waals surface area contributed by atoms with Crippen LogP contribution in [0.15, 0.2) is 30.6 Å². The van der Waals surface area contributed by atoms with Crippen molar-refractivity contribution in [2.75, 3.05) is 19.7 Å². The number of rotatable bonds is 6. The van der Waals surface area contributed by atoms with Crippen molar-refractivity contribution in [1.82, 2.24) is 14.9 Å². The fourth-order valence-corrected chi connectivity index (χ4v) is 3.75. The van der Waals surface area contributed by atoms with E-state index in [1.54, 1.807) is 6.33 Å². The standard InChI is InChI=1S/C20H26ClN3O2/c1-3-26-19(25)20(12-16-4-6-17(21)7-5-16)8-10-24(11-9-20)13-18-15(2)22-14-23-18/h4-7,14H,3,8-13H2,1-2H3,(H,22,23). The first-order valence-corrected chi connectivity index (χ1v) is 9.53. The molecular formula is C20H26ClN3O2. The van der Waals surface area contributed by atoms with E-state index in [1.807, 2.05) is 38.1 Å². The quantitative estimate of drug-likeness (QED) is 0.781. The Hall–Kier alpha value is -1.85. The number of carbonyl (C=O) groups excluding carboxylic acids is 1. The van der Waals surface area contributed by atoms with Crippen molar-refractivity contribution in [1.29, 1.82) is 0 Å². The minimum Gasteiger partial charge on any atom is -0.466 e. The summed E-state index contributed by atoms with van der Waals surface area (Å²) < 4.78 is 5.44. The van der Waals surface area contributed by atoms with E-state index in [0.717, 1.165) is 49.4 Å². The maximum Gasteiger partial charge on any atom is 0.312 e. The van der Waals surface area contributed by atoms with Gasteiger partial charge in [-0.25, -0.2) is 4.98 Å². The number of nitrogens with one attached hydrogen (secondary N) is 1. The zero-order valence-electron chi connectivity index (χ0n) is 15.4. The molecule has 0 spiro atoms. The summed E-state index contributed by atoms with van der Waals surface area (Å²) in [5, 5.41) is 0.711. The molecule has 0 aliphatic carbocycles. The molecule has 1 aliphatic rings. The number of nitrogens with zero attached hydrogens (tertiary/aromatic N) is 2. The van der Waals surface area contributed by atoms with Crippen LogP contribution in [0.5, 0.6) is 0 Å². The van der Waals surface area contributed by atoms with E-state index in [4.69, 9.17) is 16.3 Å². The monoisotopic (exact) mass is 375 g/mol. The van der Waals surface area contributed by atoms with Crippen molar-refractivity contribution >= 4 is 17.6 Å². The molecule has 2 aromatic rings. The number of aromatic amines is 1. The lowest BCUT2D eigenvalue weighted by Crippen LogP contribution is -2.46. The molecule has 1 fully saturated rings. The zero-order chi connectivity index (χ0) is 18.6. The number of halogens is 1. The Labute approximate surface area is 159 Å². The molecule has 3 rings (SSSR count). The average Bonchev–Trinajstić information content (AvgIpc) is 3.04. The van der Waals surface area contributed by atoms with Crippen LogP contribution in [0.3, 0.4) is 0 Å². The van der Waals surface area contributed by atoms with Gasteiger partial charge in [-0.2, -0.15) is 0 Å². The van der Waals surface area contributed by atoms with Crippen LogP contribution in [0, 0.1) is 12.3 Å². The Balaban J connectivity index is 1.70. The number of aromatic nitrogens is 2. The molecule has 1 aromatic carbocycles. The number of carbonyl (C=O) groups is 1. The highest BCUT2D eigenvalue weighted by molar-refractivity contribution is 6.30. The van der Waals surface area contributed by atoms with Gasteiger partial charge in [0, 0.05) is 17.3 Å². The van der Waals surface area contributed by atoms with Gasteiger partial charge in [-0.05, 0) is 63.9 Å². The lowest BCUT2D eigenvalue weighted by Gasteiger charge is -2.40. The number of hydrogen-bond donors (Lipinski definition) is 1. The number of likely N-dealkylation sites (tertiary alicyclic amines) is 1. The number of benzene rings is 1. The fourth-order valence-electron chi connectivity index (χ4n) is 3.63. The third-order valence-corrected chi connectivity index (χ3v) is 5.54. The van der Waals surface area contributed by atoms with Gasteiger partial charge in [-0.1, -0.05) is 23.7 Å². The molecule has 1 N–H and O–H groups in total. The summed E-state index contributed by atoms with van der Waals surface area (Å²) in [6.45, 7) is 6.85. The molecule has 0 atom stereocenters. The summed E-state index contributed by atoms with van der Waals surface area (Å²) in [5.41, 5.74) is 2.85. The number of H-pyrrole nitrogens is 1. The zero-order valence-corrected chi connectivity index (χ0v) is 16.2. The van der Waals surface area contributed by atoms with Crippen LogP contribution in [0.2, 0.25) is 5.02 Å². The first-order valence-electron chi connectivity index (χ1n) is 9.15. The summed E-state index contributed by atoms with van der Waals surface area (Å²) in [6, 6.07) is 7.77. The van der Waals surface area contributed by atoms with Gasteiger partial charge in [0.25, 0.3) is 0 Å². The van der Waals surface area contributed by atoms with E-state index in [0.29, 0.717) is 18.1 Å². The van der Waals surface area contributed by atoms with Crippen molar-refractivity contribution in [3.05, 3.63) is 52.6 Å². The van der Waals surface area contributed by atoms with Crippen LogP contribution < -0.4 is 0 Å². The molecule has 26 heavy (non-hydrogen) atoms. The lowest BCUT2D eigenvalue weighted by atomic mass is 9.73. The molecule has 0 amide bonds. The van der Waals surface area contributed by atoms with Crippen LogP contribution in [-0.2, 0) is 22.5 Å². The van der Waals surface area contributed by atoms with Crippen molar-refractivity contribution in [2.45, 2.75) is 39.7 Å². The van der Waals surface area contributed by atoms with Gasteiger partial charge in [0.1, 0.15) is 0 Å². The predicted octanol–water partition coefficient (Wildman–Crippen LogP) is 3.76. The maximum absolute atomic E-state index is 12.8. The number of hydrogen-bond acceptors (Lipinski definition) is 4. The number of imidazole rings is 1. The van der Waals surface area contributed by atoms with Crippen LogP contribution in [0.1, 0.15) is 36.7 Å². The molecule has 2 heterocycles. The predicted molar refractivity (Wildman–Crippen MR) is 102 cm³/mol. The molecule has 0 radical (unpaired) electrons. The van der Waals surface area contributed by atoms with Gasteiger partial charge < -0.3 is 9.72 Å². The van der Waals surface area contributed by atoms with Gasteiger partial charge in [-0.3, -0.25) is 9.69 Å². The van der Waals surface area contributed by atoms with E-state index in [9.17, 15) is 4.79 Å². The van der Waals surface area contributed by atoms with Crippen LogP contribution >= 0.6 is 11.6 Å². The summed E-state index contributed by atoms with van der Waals surface area (Å²) in [6.07, 6.45) is 4.01. The van der Waals surface area contributed by atoms with Gasteiger partial charge in [0.15, 0.2) is 0 Å². The van der Waals surface area contributed by atoms with E-state index < -0.39 is 5.41 Å². The second-order valence-electron chi connectivity index (χ2n) is 7.05. The average molecular weight is 376 g/mol. The van der Waals surface area contributed by atoms with Crippen LogP contribution in [0.4, 0.5) is 0 Å². The topological polar surface area (TPSA) is 58.2 Å². The highest BCUT2D eigenvalue weighted by Crippen LogP contribution is 2.37. The van der Waals surface area contributed by atoms with Gasteiger partial charge in [0.05, 0.1) is 24.0 Å². The van der Waals surface area contributed by atoms with Crippen molar-refractivity contribution in [3.63, 3.8) is 0 Å². The lowest BCUT2D eigenvalue weighted by molar-refractivity contribution is -0.158. The first-order chi connectivity index (χ1) is 12.5. The fraction of sp³-hybridized carbons (Fsp3) is 0.500. The Morgan fingerprint density at radius 3 is 2.58 bits per heavy atom. The normalized spacial score (nSPS) is 17.2. The van der Waals surface area contributed by atoms with E-state index in [1.165, 1.54) is 0 Å². The third kappa shape index (κ3) is 4.27. The Morgan fingerprint density at radius 1 is 1.31 bits per heavy atom. The van der Waals surface area contributed by atoms with Gasteiger partial charge >= 0.3 is 5.97 Å². The van der Waals surface area contributed by atoms with Crippen LogP contribution in [0.25, 0.3) is 0 Å². The third-order valence-electron chi connectivity index (χ3n) is 5.29. The molecule has 0 unspecified atom stereocenters. The largest absolute Gasteiger partial charge is 0.466 e. The Bertz CT molecular complexity index is 734. The SMILES string of the molecule is CCOC(=O)C1(Cc2ccc(Cl)cc2)CCN(Cc2nc[nH]c2C)CC1. The highest BCUT2D eigenvalue weighted by Gasteiger charge is 2.42. The van der Waals surface area contributed by atoms with Crippen molar-refractivity contribution in [2.24, 2.45) is 5.41 Å². The number of piperidine rings is 1. The molecule has 1 aromatic heterocycles. The summed E-state index contributed by atoms with van der Waals surface area (Å²) in [4.78, 5) is 22.7. The summed E-state index contributed by atoms with van der Waals surface area (Å²) in [7, 11) is 0. The maximum atomic E-state index is 12.8. The molecule has 6 heteroatoms. The van der Waals surface area contributed by atoms with E-state index >= 15 is 0 Å². The Kier molecular flexibility index (Phi) is 5.99. The van der Waals surface area contributed by atoms with Gasteiger partial charge in [0.2, 0.25) is 0 Å².